The second-order valence-electron chi connectivity index (χ2n) is 5.11. The molecule has 3 rings (SSSR count). The van der Waals surface area contributed by atoms with Crippen LogP contribution >= 0.6 is 0 Å². The van der Waals surface area contributed by atoms with E-state index in [-0.39, 0.29) is 5.75 Å². The third-order valence-electron chi connectivity index (χ3n) is 3.56. The van der Waals surface area contributed by atoms with E-state index in [1.807, 2.05) is 0 Å². The number of carbonyl (C=O) groups is 1. The molecular weight excluding hydrogens is 310 g/mol. The number of phenolic OH excluding ortho intramolecular Hbond substituents is 1. The largest absolute Gasteiger partial charge is 0.508 e. The van der Waals surface area contributed by atoms with Crippen molar-refractivity contribution in [1.82, 2.24) is 9.61 Å². The van der Waals surface area contributed by atoms with Crippen molar-refractivity contribution in [3.05, 3.63) is 47.8 Å². The van der Waals surface area contributed by atoms with Gasteiger partial charge < -0.3 is 15.5 Å². The highest BCUT2D eigenvalue weighted by atomic mass is 16.4. The maximum atomic E-state index is 10.9. The first-order chi connectivity index (χ1) is 11.5. The Kier molecular flexibility index (Phi) is 3.67. The fourth-order valence-corrected chi connectivity index (χ4v) is 2.43. The molecule has 3 aromatic rings. The van der Waals surface area contributed by atoms with E-state index in [0.29, 0.717) is 33.7 Å². The molecule has 0 aliphatic rings. The number of nitriles is 1. The molecule has 0 fully saturated rings. The van der Waals surface area contributed by atoms with Crippen molar-refractivity contribution >= 4 is 28.7 Å². The molecule has 8 nitrogen and oxygen atoms in total. The number of aromatic nitrogens is 2. The summed E-state index contributed by atoms with van der Waals surface area (Å²) in [5, 5.41) is 37.2. The van der Waals surface area contributed by atoms with Crippen LogP contribution in [0.4, 0.5) is 21.9 Å². The molecule has 0 saturated heterocycles. The molecule has 120 valence electrons. The van der Waals surface area contributed by atoms with Crippen LogP contribution in [0.15, 0.2) is 36.7 Å². The normalized spacial score (nSPS) is 10.3. The van der Waals surface area contributed by atoms with Crippen LogP contribution in [0.2, 0.25) is 0 Å². The minimum atomic E-state index is -1.18. The number of hydrogen-bond acceptors (Lipinski definition) is 5. The summed E-state index contributed by atoms with van der Waals surface area (Å²) in [4.78, 5) is 10.9. The number of amides is 1. The van der Waals surface area contributed by atoms with Gasteiger partial charge in [0.05, 0.1) is 34.8 Å². The zero-order chi connectivity index (χ0) is 17.3. The van der Waals surface area contributed by atoms with Gasteiger partial charge in [-0.3, -0.25) is 5.32 Å². The Hall–Kier alpha value is -3.73. The van der Waals surface area contributed by atoms with E-state index < -0.39 is 6.09 Å². The van der Waals surface area contributed by atoms with Gasteiger partial charge in [0.2, 0.25) is 0 Å². The first-order valence-corrected chi connectivity index (χ1v) is 6.96. The van der Waals surface area contributed by atoms with Crippen LogP contribution in [0, 0.1) is 18.3 Å². The van der Waals surface area contributed by atoms with E-state index in [2.05, 4.69) is 21.8 Å². The van der Waals surface area contributed by atoms with Crippen molar-refractivity contribution in [3.8, 4) is 11.8 Å². The number of aromatic hydroxyl groups is 1. The Morgan fingerprint density at radius 1 is 1.33 bits per heavy atom. The lowest BCUT2D eigenvalue weighted by molar-refractivity contribution is 0.209. The number of hydrogen-bond donors (Lipinski definition) is 4. The lowest BCUT2D eigenvalue weighted by Gasteiger charge is -2.11. The molecule has 2 heterocycles. The number of nitrogens with one attached hydrogen (secondary N) is 2. The molecule has 8 heteroatoms. The molecule has 2 aromatic heterocycles. The fourth-order valence-electron chi connectivity index (χ4n) is 2.43. The third-order valence-corrected chi connectivity index (χ3v) is 3.56. The number of phenols is 1. The third kappa shape index (κ3) is 2.66. The number of fused-ring (bicyclic) bond motifs is 1. The number of rotatable bonds is 3. The standard InChI is InChI=1S/C16H13N5O3/c1-9-13(20-16(23)24)8-21-15(9)14(10(6-17)7-18-21)19-11-2-4-12(22)5-3-11/h2-5,7-8,19-20,22H,1H3,(H,23,24). The summed E-state index contributed by atoms with van der Waals surface area (Å²) in [5.41, 5.74) is 3.12. The highest BCUT2D eigenvalue weighted by Crippen LogP contribution is 2.32. The van der Waals surface area contributed by atoms with Gasteiger partial charge in [0, 0.05) is 11.3 Å². The quantitative estimate of drug-likeness (QED) is 0.549. The molecule has 1 amide bonds. The number of aryl methyl sites for hydroxylation is 1. The van der Waals surface area contributed by atoms with E-state index in [1.165, 1.54) is 22.8 Å². The minimum Gasteiger partial charge on any atom is -0.508 e. The minimum absolute atomic E-state index is 0.132. The summed E-state index contributed by atoms with van der Waals surface area (Å²) in [7, 11) is 0. The van der Waals surface area contributed by atoms with Gasteiger partial charge in [-0.2, -0.15) is 10.4 Å². The van der Waals surface area contributed by atoms with E-state index in [1.54, 1.807) is 25.3 Å². The van der Waals surface area contributed by atoms with Crippen LogP contribution in [-0.4, -0.2) is 25.9 Å². The average molecular weight is 323 g/mol. The molecule has 0 spiro atoms. The van der Waals surface area contributed by atoms with Crippen LogP contribution < -0.4 is 10.6 Å². The zero-order valence-electron chi connectivity index (χ0n) is 12.6. The van der Waals surface area contributed by atoms with Crippen LogP contribution in [0.25, 0.3) is 5.52 Å². The highest BCUT2D eigenvalue weighted by molar-refractivity contribution is 5.92. The monoisotopic (exact) mass is 323 g/mol. The van der Waals surface area contributed by atoms with Crippen LogP contribution in [0.1, 0.15) is 11.1 Å². The SMILES string of the molecule is Cc1c(NC(=O)O)cn2ncc(C#N)c(Nc3ccc(O)cc3)c12. The molecule has 0 unspecified atom stereocenters. The van der Waals surface area contributed by atoms with Crippen molar-refractivity contribution < 1.29 is 15.0 Å². The van der Waals surface area contributed by atoms with Gasteiger partial charge in [-0.25, -0.2) is 9.31 Å². The van der Waals surface area contributed by atoms with E-state index >= 15 is 0 Å². The Balaban J connectivity index is 2.16. The summed E-state index contributed by atoms with van der Waals surface area (Å²) in [6.07, 6.45) is 1.77. The maximum Gasteiger partial charge on any atom is 0.409 e. The van der Waals surface area contributed by atoms with Crippen LogP contribution in [0.3, 0.4) is 0 Å². The maximum absolute atomic E-state index is 10.9. The van der Waals surface area contributed by atoms with Crippen molar-refractivity contribution in [2.24, 2.45) is 0 Å². The number of benzene rings is 1. The lowest BCUT2D eigenvalue weighted by atomic mass is 10.1. The molecular formula is C16H13N5O3. The van der Waals surface area contributed by atoms with Crippen molar-refractivity contribution in [1.29, 1.82) is 5.26 Å². The summed E-state index contributed by atoms with van der Waals surface area (Å²) >= 11 is 0. The summed E-state index contributed by atoms with van der Waals surface area (Å²) in [6, 6.07) is 8.46. The van der Waals surface area contributed by atoms with Gasteiger partial charge in [0.1, 0.15) is 11.8 Å². The van der Waals surface area contributed by atoms with Gasteiger partial charge in [-0.1, -0.05) is 0 Å². The summed E-state index contributed by atoms with van der Waals surface area (Å²) < 4.78 is 1.50. The van der Waals surface area contributed by atoms with Gasteiger partial charge in [0.15, 0.2) is 0 Å². The molecule has 0 saturated carbocycles. The molecule has 0 bridgehead atoms. The molecule has 0 aliphatic heterocycles. The highest BCUT2D eigenvalue weighted by Gasteiger charge is 2.16. The Morgan fingerprint density at radius 3 is 2.67 bits per heavy atom. The smallest absolute Gasteiger partial charge is 0.409 e. The molecule has 0 aliphatic carbocycles. The molecule has 1 aromatic carbocycles. The molecule has 0 atom stereocenters. The van der Waals surface area contributed by atoms with Crippen LogP contribution in [0.5, 0.6) is 5.75 Å². The van der Waals surface area contributed by atoms with Crippen molar-refractivity contribution in [2.75, 3.05) is 10.6 Å². The second kappa shape index (κ2) is 5.81. The predicted octanol–water partition coefficient (Wildman–Crippen LogP) is 3.05. The van der Waals surface area contributed by atoms with Gasteiger partial charge in [0.25, 0.3) is 0 Å². The van der Waals surface area contributed by atoms with Gasteiger partial charge in [-0.05, 0) is 31.2 Å². The number of anilines is 3. The second-order valence-corrected chi connectivity index (χ2v) is 5.11. The predicted molar refractivity (Wildman–Crippen MR) is 87.7 cm³/mol. The average Bonchev–Trinajstić information content (AvgIpc) is 2.86. The molecule has 24 heavy (non-hydrogen) atoms. The van der Waals surface area contributed by atoms with E-state index in [9.17, 15) is 15.2 Å². The van der Waals surface area contributed by atoms with Gasteiger partial charge in [-0.15, -0.1) is 0 Å². The lowest BCUT2D eigenvalue weighted by Crippen LogP contribution is -2.07. The summed E-state index contributed by atoms with van der Waals surface area (Å²) in [5.74, 6) is 0.132. The molecule has 0 radical (unpaired) electrons. The van der Waals surface area contributed by atoms with Crippen LogP contribution in [-0.2, 0) is 0 Å². The van der Waals surface area contributed by atoms with Crippen molar-refractivity contribution in [3.63, 3.8) is 0 Å². The van der Waals surface area contributed by atoms with Crippen molar-refractivity contribution in [2.45, 2.75) is 6.92 Å². The topological polar surface area (TPSA) is 123 Å². The number of carboxylic acid groups (broad SMARTS) is 1. The molecule has 4 N–H and O–H groups in total. The summed E-state index contributed by atoms with van der Waals surface area (Å²) in [6.45, 7) is 1.74. The fraction of sp³-hybridized carbons (Fsp3) is 0.0625. The Morgan fingerprint density at radius 2 is 2.04 bits per heavy atom. The van der Waals surface area contributed by atoms with E-state index in [4.69, 9.17) is 5.11 Å². The Bertz CT molecular complexity index is 970. The van der Waals surface area contributed by atoms with Gasteiger partial charge >= 0.3 is 6.09 Å². The first kappa shape index (κ1) is 15.2. The zero-order valence-corrected chi connectivity index (χ0v) is 12.6. The Labute approximate surface area is 136 Å². The van der Waals surface area contributed by atoms with E-state index in [0.717, 1.165) is 0 Å². The first-order valence-electron chi connectivity index (χ1n) is 6.96. The number of nitrogens with zero attached hydrogens (tertiary/aromatic N) is 3.